The molecule has 3 rings (SSSR count). The maximum atomic E-state index is 12.7. The molecular formula is C16H9Br2O7P-2. The Morgan fingerprint density at radius 2 is 1.77 bits per heavy atom. The highest BCUT2D eigenvalue weighted by Gasteiger charge is 2.16. The monoisotopic (exact) mass is 502 g/mol. The molecule has 0 aliphatic rings. The smallest absolute Gasteiger partial charge is 0.196 e. The van der Waals surface area contributed by atoms with Gasteiger partial charge in [0.05, 0.1) is 14.3 Å². The van der Waals surface area contributed by atoms with Crippen LogP contribution in [0.3, 0.4) is 0 Å². The van der Waals surface area contributed by atoms with E-state index in [2.05, 4.69) is 36.4 Å². The van der Waals surface area contributed by atoms with Gasteiger partial charge < -0.3 is 28.4 Å². The fourth-order valence-corrected chi connectivity index (χ4v) is 3.98. The second-order valence-corrected chi connectivity index (χ2v) is 8.16. The first-order valence-electron chi connectivity index (χ1n) is 7.04. The third-order valence-electron chi connectivity index (χ3n) is 3.59. The molecule has 1 N–H and O–H groups in total. The van der Waals surface area contributed by atoms with Gasteiger partial charge in [-0.25, -0.2) is 0 Å². The average Bonchev–Trinajstić information content (AvgIpc) is 2.54. The van der Waals surface area contributed by atoms with Crippen LogP contribution in [0, 0.1) is 6.92 Å². The number of rotatable bonds is 3. The summed E-state index contributed by atoms with van der Waals surface area (Å²) < 4.78 is 21.6. The average molecular weight is 504 g/mol. The fourth-order valence-electron chi connectivity index (χ4n) is 2.43. The van der Waals surface area contributed by atoms with E-state index in [1.807, 2.05) is 0 Å². The van der Waals surface area contributed by atoms with Crippen molar-refractivity contribution in [3.05, 3.63) is 55.1 Å². The zero-order valence-electron chi connectivity index (χ0n) is 13.0. The van der Waals surface area contributed by atoms with E-state index in [0.29, 0.717) is 14.5 Å². The second-order valence-electron chi connectivity index (χ2n) is 5.37. The lowest BCUT2D eigenvalue weighted by Gasteiger charge is -2.29. The normalized spacial score (nSPS) is 11.7. The van der Waals surface area contributed by atoms with Crippen LogP contribution in [0.25, 0.3) is 22.3 Å². The van der Waals surface area contributed by atoms with Crippen molar-refractivity contribution in [2.24, 2.45) is 0 Å². The number of benzene rings is 2. The number of halogens is 2. The quantitative estimate of drug-likeness (QED) is 0.544. The Labute approximate surface area is 163 Å². The molecule has 0 saturated carbocycles. The lowest BCUT2D eigenvalue weighted by atomic mass is 10.1. The van der Waals surface area contributed by atoms with E-state index in [-0.39, 0.29) is 33.8 Å². The van der Waals surface area contributed by atoms with Crippen molar-refractivity contribution in [1.82, 2.24) is 0 Å². The molecule has 0 saturated heterocycles. The van der Waals surface area contributed by atoms with Crippen molar-refractivity contribution in [3.8, 4) is 22.8 Å². The van der Waals surface area contributed by atoms with Crippen molar-refractivity contribution in [1.29, 1.82) is 0 Å². The Bertz CT molecular complexity index is 1110. The van der Waals surface area contributed by atoms with Crippen LogP contribution in [-0.2, 0) is 4.57 Å². The van der Waals surface area contributed by atoms with Crippen LogP contribution in [0.1, 0.15) is 5.56 Å². The van der Waals surface area contributed by atoms with E-state index in [1.54, 1.807) is 19.1 Å². The number of phosphoric acid groups is 1. The molecule has 0 amide bonds. The Kier molecular flexibility index (Phi) is 5.02. The summed E-state index contributed by atoms with van der Waals surface area (Å²) in [6, 6.07) is 6.90. The largest absolute Gasteiger partial charge is 0.780 e. The van der Waals surface area contributed by atoms with Crippen LogP contribution in [0.4, 0.5) is 0 Å². The Hall–Kier alpha value is -1.64. The molecule has 3 aromatic rings. The minimum absolute atomic E-state index is 0.0102. The van der Waals surface area contributed by atoms with Crippen molar-refractivity contribution >= 4 is 50.7 Å². The number of hydrogen-bond acceptors (Lipinski definition) is 7. The van der Waals surface area contributed by atoms with Gasteiger partial charge in [0.1, 0.15) is 30.7 Å². The molecule has 26 heavy (non-hydrogen) atoms. The zero-order valence-corrected chi connectivity index (χ0v) is 17.1. The minimum atomic E-state index is -5.23. The molecule has 0 aliphatic heterocycles. The first-order chi connectivity index (χ1) is 12.1. The number of hydrogen-bond donors (Lipinski definition) is 1. The topological polar surface area (TPSA) is 123 Å². The highest BCUT2D eigenvalue weighted by atomic mass is 79.9. The molecule has 0 fully saturated rings. The highest BCUT2D eigenvalue weighted by Crippen LogP contribution is 2.38. The zero-order chi connectivity index (χ0) is 19.2. The predicted octanol–water partition coefficient (Wildman–Crippen LogP) is 3.21. The van der Waals surface area contributed by atoms with Crippen LogP contribution in [0.2, 0.25) is 0 Å². The summed E-state index contributed by atoms with van der Waals surface area (Å²) in [6.45, 7) is 1.55. The third-order valence-corrected chi connectivity index (χ3v) is 5.23. The molecule has 0 spiro atoms. The molecule has 0 unspecified atom stereocenters. The summed E-state index contributed by atoms with van der Waals surface area (Å²) in [5.74, 6) is 0.0345. The van der Waals surface area contributed by atoms with E-state index < -0.39 is 13.3 Å². The van der Waals surface area contributed by atoms with Crippen LogP contribution in [0.15, 0.2) is 48.5 Å². The van der Waals surface area contributed by atoms with Gasteiger partial charge in [-0.15, -0.1) is 0 Å². The number of phenolic OH excluding ortho intramolecular Hbond substituents is 1. The van der Waals surface area contributed by atoms with Crippen molar-refractivity contribution in [2.45, 2.75) is 6.92 Å². The summed E-state index contributed by atoms with van der Waals surface area (Å²) in [7, 11) is -5.23. The second kappa shape index (κ2) is 6.83. The summed E-state index contributed by atoms with van der Waals surface area (Å²) in [5, 5.41) is 9.90. The number of phosphoric ester groups is 1. The summed E-state index contributed by atoms with van der Waals surface area (Å²) in [5.41, 5.74) is 0.599. The molecule has 2 aromatic carbocycles. The lowest BCUT2D eigenvalue weighted by Crippen LogP contribution is -2.18. The SMILES string of the molecule is Cc1c(-c2cc(Br)c(O)c(Br)c2)oc2ccc(OP(=O)([O-])[O-])cc2c1=O. The molecule has 1 aromatic heterocycles. The van der Waals surface area contributed by atoms with E-state index in [4.69, 9.17) is 4.42 Å². The van der Waals surface area contributed by atoms with E-state index in [1.165, 1.54) is 12.1 Å². The molecule has 7 nitrogen and oxygen atoms in total. The summed E-state index contributed by atoms with van der Waals surface area (Å²) in [4.78, 5) is 34.1. The van der Waals surface area contributed by atoms with Gasteiger partial charge in [-0.05, 0) is 69.1 Å². The third kappa shape index (κ3) is 3.72. The van der Waals surface area contributed by atoms with Crippen molar-refractivity contribution in [2.75, 3.05) is 0 Å². The van der Waals surface area contributed by atoms with Gasteiger partial charge in [-0.2, -0.15) is 0 Å². The van der Waals surface area contributed by atoms with Gasteiger partial charge >= 0.3 is 0 Å². The number of fused-ring (bicyclic) bond motifs is 1. The fraction of sp³-hybridized carbons (Fsp3) is 0.0625. The van der Waals surface area contributed by atoms with Gasteiger partial charge in [0.15, 0.2) is 5.43 Å². The predicted molar refractivity (Wildman–Crippen MR) is 98.0 cm³/mol. The lowest BCUT2D eigenvalue weighted by molar-refractivity contribution is -0.333. The standard InChI is InChI=1S/C16H11Br2O7P/c1-7-14(19)10-6-9(25-26(21,22)23)2-3-13(10)24-16(7)8-4-11(17)15(20)12(18)5-8/h2-6,20H,1H3,(H2,21,22,23)/p-2. The van der Waals surface area contributed by atoms with Gasteiger partial charge in [0.25, 0.3) is 0 Å². The molecule has 0 bridgehead atoms. The van der Waals surface area contributed by atoms with Gasteiger partial charge in [-0.3, -0.25) is 4.79 Å². The first kappa shape index (κ1) is 19.1. The maximum Gasteiger partial charge on any atom is 0.196 e. The molecule has 0 radical (unpaired) electrons. The van der Waals surface area contributed by atoms with Crippen LogP contribution < -0.4 is 19.7 Å². The Morgan fingerprint density at radius 3 is 2.35 bits per heavy atom. The molecule has 0 aliphatic carbocycles. The Morgan fingerprint density at radius 1 is 1.15 bits per heavy atom. The summed E-state index contributed by atoms with van der Waals surface area (Å²) >= 11 is 6.44. The van der Waals surface area contributed by atoms with Gasteiger partial charge in [0, 0.05) is 11.1 Å². The molecular weight excluding hydrogens is 495 g/mol. The first-order valence-corrected chi connectivity index (χ1v) is 10.1. The van der Waals surface area contributed by atoms with Crippen LogP contribution in [0.5, 0.6) is 11.5 Å². The minimum Gasteiger partial charge on any atom is -0.780 e. The summed E-state index contributed by atoms with van der Waals surface area (Å²) in [6.07, 6.45) is 0. The van der Waals surface area contributed by atoms with Gasteiger partial charge in [-0.1, -0.05) is 0 Å². The van der Waals surface area contributed by atoms with Crippen molar-refractivity contribution < 1.29 is 28.4 Å². The molecule has 1 heterocycles. The van der Waals surface area contributed by atoms with E-state index in [0.717, 1.165) is 6.07 Å². The van der Waals surface area contributed by atoms with Crippen LogP contribution >= 0.6 is 39.7 Å². The molecule has 136 valence electrons. The number of aromatic hydroxyl groups is 1. The van der Waals surface area contributed by atoms with Crippen molar-refractivity contribution in [3.63, 3.8) is 0 Å². The Balaban J connectivity index is 2.21. The molecule has 10 heteroatoms. The van der Waals surface area contributed by atoms with Crippen LogP contribution in [-0.4, -0.2) is 5.11 Å². The van der Waals surface area contributed by atoms with Gasteiger partial charge in [0.2, 0.25) is 0 Å². The highest BCUT2D eigenvalue weighted by molar-refractivity contribution is 9.11. The number of phenols is 1. The molecule has 0 atom stereocenters. The van der Waals surface area contributed by atoms with E-state index >= 15 is 0 Å². The van der Waals surface area contributed by atoms with E-state index in [9.17, 15) is 24.3 Å². The maximum absolute atomic E-state index is 12.7.